The summed E-state index contributed by atoms with van der Waals surface area (Å²) in [6.45, 7) is 1.31. The van der Waals surface area contributed by atoms with E-state index in [1.165, 1.54) is 5.56 Å². The first-order valence-electron chi connectivity index (χ1n) is 7.86. The van der Waals surface area contributed by atoms with E-state index in [9.17, 15) is 4.79 Å². The number of anilines is 2. The van der Waals surface area contributed by atoms with Gasteiger partial charge in [0.1, 0.15) is 6.61 Å². The van der Waals surface area contributed by atoms with Crippen LogP contribution in [0, 0.1) is 0 Å². The number of hydrogen-bond acceptors (Lipinski definition) is 5. The summed E-state index contributed by atoms with van der Waals surface area (Å²) in [5.74, 6) is 0. The first-order chi connectivity index (χ1) is 11.7. The van der Waals surface area contributed by atoms with E-state index >= 15 is 0 Å². The lowest BCUT2D eigenvalue weighted by Crippen LogP contribution is -2.25. The first-order valence-corrected chi connectivity index (χ1v) is 7.86. The molecule has 2 rings (SSSR count). The highest BCUT2D eigenvalue weighted by atomic mass is 16.5. The maximum absolute atomic E-state index is 11.6. The van der Waals surface area contributed by atoms with E-state index in [2.05, 4.69) is 10.6 Å². The molecule has 0 aliphatic rings. The summed E-state index contributed by atoms with van der Waals surface area (Å²) in [5, 5.41) is 14.2. The molecule has 6 heteroatoms. The molecule has 0 saturated heterocycles. The molecule has 0 bridgehead atoms. The Morgan fingerprint density at radius 1 is 1.00 bits per heavy atom. The quantitative estimate of drug-likeness (QED) is 0.439. The fourth-order valence-electron chi connectivity index (χ4n) is 2.15. The molecule has 0 fully saturated rings. The lowest BCUT2D eigenvalue weighted by molar-refractivity contribution is 0.161. The molecule has 0 aliphatic carbocycles. The van der Waals surface area contributed by atoms with Crippen LogP contribution in [-0.2, 0) is 11.2 Å². The monoisotopic (exact) mass is 329 g/mol. The molecular weight excluding hydrogens is 306 g/mol. The Morgan fingerprint density at radius 3 is 2.25 bits per heavy atom. The van der Waals surface area contributed by atoms with Crippen molar-refractivity contribution in [3.63, 3.8) is 0 Å². The summed E-state index contributed by atoms with van der Waals surface area (Å²) in [4.78, 5) is 11.6. The minimum atomic E-state index is -0.493. The SMILES string of the molecule is Nc1ccc(Cc2ccc(NC(=O)OCCNCCO)cc2)cc1. The highest BCUT2D eigenvalue weighted by Crippen LogP contribution is 2.15. The van der Waals surface area contributed by atoms with Crippen LogP contribution < -0.4 is 16.4 Å². The third kappa shape index (κ3) is 6.28. The van der Waals surface area contributed by atoms with Crippen LogP contribution >= 0.6 is 0 Å². The zero-order chi connectivity index (χ0) is 17.2. The van der Waals surface area contributed by atoms with Crippen molar-refractivity contribution in [3.05, 3.63) is 59.7 Å². The maximum atomic E-state index is 11.6. The van der Waals surface area contributed by atoms with Crippen molar-refractivity contribution in [3.8, 4) is 0 Å². The van der Waals surface area contributed by atoms with Crippen molar-refractivity contribution in [2.75, 3.05) is 37.4 Å². The average Bonchev–Trinajstić information content (AvgIpc) is 2.58. The number of carbonyl (C=O) groups is 1. The van der Waals surface area contributed by atoms with Crippen molar-refractivity contribution in [1.82, 2.24) is 5.32 Å². The number of aliphatic hydroxyl groups is 1. The van der Waals surface area contributed by atoms with Gasteiger partial charge in [-0.1, -0.05) is 24.3 Å². The fraction of sp³-hybridized carbons (Fsp3) is 0.278. The predicted octanol–water partition coefficient (Wildman–Crippen LogP) is 1.99. The van der Waals surface area contributed by atoms with Gasteiger partial charge in [0, 0.05) is 24.5 Å². The maximum Gasteiger partial charge on any atom is 0.411 e. The second-order valence-electron chi connectivity index (χ2n) is 5.35. The van der Waals surface area contributed by atoms with Crippen molar-refractivity contribution in [2.45, 2.75) is 6.42 Å². The molecule has 5 N–H and O–H groups in total. The lowest BCUT2D eigenvalue weighted by Gasteiger charge is -2.08. The van der Waals surface area contributed by atoms with Gasteiger partial charge in [0.2, 0.25) is 0 Å². The Labute approximate surface area is 141 Å². The van der Waals surface area contributed by atoms with Crippen LogP contribution in [-0.4, -0.2) is 37.5 Å². The van der Waals surface area contributed by atoms with Gasteiger partial charge in [-0.15, -0.1) is 0 Å². The molecule has 0 atom stereocenters. The molecule has 0 aromatic heterocycles. The Bertz CT molecular complexity index is 627. The molecule has 2 aromatic carbocycles. The Morgan fingerprint density at radius 2 is 1.62 bits per heavy atom. The molecule has 0 spiro atoms. The molecule has 1 amide bonds. The highest BCUT2D eigenvalue weighted by Gasteiger charge is 2.03. The second-order valence-corrected chi connectivity index (χ2v) is 5.35. The fourth-order valence-corrected chi connectivity index (χ4v) is 2.15. The predicted molar refractivity (Wildman–Crippen MR) is 95.0 cm³/mol. The number of rotatable bonds is 8. The Hall–Kier alpha value is -2.57. The van der Waals surface area contributed by atoms with Crippen LogP contribution in [0.5, 0.6) is 0 Å². The summed E-state index contributed by atoms with van der Waals surface area (Å²) in [5.41, 5.74) is 9.44. The van der Waals surface area contributed by atoms with Crippen molar-refractivity contribution in [2.24, 2.45) is 0 Å². The van der Waals surface area contributed by atoms with Gasteiger partial charge in [-0.25, -0.2) is 4.79 Å². The van der Waals surface area contributed by atoms with Gasteiger partial charge in [-0.3, -0.25) is 5.32 Å². The van der Waals surface area contributed by atoms with Gasteiger partial charge < -0.3 is 20.9 Å². The molecule has 6 nitrogen and oxygen atoms in total. The summed E-state index contributed by atoms with van der Waals surface area (Å²) >= 11 is 0. The molecule has 128 valence electrons. The summed E-state index contributed by atoms with van der Waals surface area (Å²) in [6.07, 6.45) is 0.314. The molecule has 0 heterocycles. The van der Waals surface area contributed by atoms with E-state index in [4.69, 9.17) is 15.6 Å². The number of amides is 1. The minimum Gasteiger partial charge on any atom is -0.448 e. The zero-order valence-corrected chi connectivity index (χ0v) is 13.5. The van der Waals surface area contributed by atoms with Crippen LogP contribution in [0.3, 0.4) is 0 Å². The van der Waals surface area contributed by atoms with Crippen molar-refractivity contribution in [1.29, 1.82) is 0 Å². The minimum absolute atomic E-state index is 0.0644. The van der Waals surface area contributed by atoms with Gasteiger partial charge in [-0.05, 0) is 41.8 Å². The van der Waals surface area contributed by atoms with Crippen LogP contribution in [0.2, 0.25) is 0 Å². The number of aliphatic hydroxyl groups excluding tert-OH is 1. The molecule has 24 heavy (non-hydrogen) atoms. The van der Waals surface area contributed by atoms with Gasteiger partial charge in [-0.2, -0.15) is 0 Å². The Kier molecular flexibility index (Phi) is 7.07. The normalized spacial score (nSPS) is 10.4. The van der Waals surface area contributed by atoms with Crippen LogP contribution in [0.1, 0.15) is 11.1 Å². The number of nitrogen functional groups attached to an aromatic ring is 1. The number of benzene rings is 2. The number of nitrogens with one attached hydrogen (secondary N) is 2. The van der Waals surface area contributed by atoms with E-state index in [0.29, 0.717) is 18.8 Å². The van der Waals surface area contributed by atoms with E-state index in [1.807, 2.05) is 48.5 Å². The number of nitrogens with two attached hydrogens (primary N) is 1. The summed E-state index contributed by atoms with van der Waals surface area (Å²) in [7, 11) is 0. The zero-order valence-electron chi connectivity index (χ0n) is 13.5. The van der Waals surface area contributed by atoms with Gasteiger partial charge in [0.05, 0.1) is 6.61 Å². The van der Waals surface area contributed by atoms with E-state index in [-0.39, 0.29) is 13.2 Å². The molecule has 0 radical (unpaired) electrons. The largest absolute Gasteiger partial charge is 0.448 e. The first kappa shape index (κ1) is 17.8. The topological polar surface area (TPSA) is 96.6 Å². The average molecular weight is 329 g/mol. The number of carbonyl (C=O) groups excluding carboxylic acids is 1. The van der Waals surface area contributed by atoms with Crippen LogP contribution in [0.15, 0.2) is 48.5 Å². The molecule has 2 aromatic rings. The van der Waals surface area contributed by atoms with Gasteiger partial charge in [0.15, 0.2) is 0 Å². The molecule has 0 saturated carbocycles. The highest BCUT2D eigenvalue weighted by molar-refractivity contribution is 5.84. The van der Waals surface area contributed by atoms with E-state index in [0.717, 1.165) is 17.7 Å². The summed E-state index contributed by atoms with van der Waals surface area (Å²) < 4.78 is 5.02. The number of ether oxygens (including phenoxy) is 1. The van der Waals surface area contributed by atoms with E-state index in [1.54, 1.807) is 0 Å². The molecule has 0 unspecified atom stereocenters. The third-order valence-corrected chi connectivity index (χ3v) is 3.39. The van der Waals surface area contributed by atoms with Crippen LogP contribution in [0.25, 0.3) is 0 Å². The molecular formula is C18H23N3O3. The van der Waals surface area contributed by atoms with Gasteiger partial charge >= 0.3 is 6.09 Å². The van der Waals surface area contributed by atoms with Gasteiger partial charge in [0.25, 0.3) is 0 Å². The second kappa shape index (κ2) is 9.54. The Balaban J connectivity index is 1.77. The van der Waals surface area contributed by atoms with Crippen molar-refractivity contribution < 1.29 is 14.6 Å². The smallest absolute Gasteiger partial charge is 0.411 e. The third-order valence-electron chi connectivity index (χ3n) is 3.39. The number of hydrogen-bond donors (Lipinski definition) is 4. The molecule has 0 aliphatic heterocycles. The summed E-state index contributed by atoms with van der Waals surface area (Å²) in [6, 6.07) is 15.4. The van der Waals surface area contributed by atoms with Crippen molar-refractivity contribution >= 4 is 17.5 Å². The van der Waals surface area contributed by atoms with E-state index < -0.39 is 6.09 Å². The van der Waals surface area contributed by atoms with Crippen LogP contribution in [0.4, 0.5) is 16.2 Å². The standard InChI is InChI=1S/C18H23N3O3/c19-16-5-1-14(2-6-16)13-15-3-7-17(8-4-15)21-18(23)24-12-10-20-9-11-22/h1-8,20,22H,9-13,19H2,(H,21,23). The lowest BCUT2D eigenvalue weighted by atomic mass is 10.0.